The number of hydrogen-bond donors (Lipinski definition) is 0. The summed E-state index contributed by atoms with van der Waals surface area (Å²) in [5.74, 6) is 0. The van der Waals surface area contributed by atoms with E-state index in [0.29, 0.717) is 5.41 Å². The van der Waals surface area contributed by atoms with E-state index in [1.165, 1.54) is 35.1 Å². The quantitative estimate of drug-likeness (QED) is 0.492. The van der Waals surface area contributed by atoms with Gasteiger partial charge in [0.25, 0.3) is 0 Å². The molecule has 1 aliphatic rings. The van der Waals surface area contributed by atoms with E-state index < -0.39 is 0 Å². The highest BCUT2D eigenvalue weighted by molar-refractivity contribution is 6.21. The van der Waals surface area contributed by atoms with Crippen molar-refractivity contribution < 1.29 is 0 Å². The molecule has 0 bridgehead atoms. The first-order valence-electron chi connectivity index (χ1n) is 7.25. The molecule has 1 heteroatoms. The van der Waals surface area contributed by atoms with Crippen LogP contribution in [0.5, 0.6) is 0 Å². The minimum atomic E-state index is 0.189. The molecule has 1 aliphatic carbocycles. The average Bonchev–Trinajstić information content (AvgIpc) is 2.44. The van der Waals surface area contributed by atoms with Gasteiger partial charge in [0.2, 0.25) is 0 Å². The first-order valence-corrected chi connectivity index (χ1v) is 7.69. The van der Waals surface area contributed by atoms with Gasteiger partial charge >= 0.3 is 0 Å². The largest absolute Gasteiger partial charge is 0.118 e. The van der Waals surface area contributed by atoms with Gasteiger partial charge in [-0.2, -0.15) is 0 Å². The minimum absolute atomic E-state index is 0.189. The summed E-state index contributed by atoms with van der Waals surface area (Å²) in [5.41, 5.74) is 6.26. The van der Waals surface area contributed by atoms with Crippen LogP contribution < -0.4 is 0 Å². The second-order valence-corrected chi connectivity index (χ2v) is 6.89. The van der Waals surface area contributed by atoms with Crippen LogP contribution in [0.2, 0.25) is 0 Å². The SMILES string of the molecule is CCc1cc2c(cc1CC)C(Cl)CC(C)(C)CC2. The first kappa shape index (κ1) is 13.9. The van der Waals surface area contributed by atoms with Crippen molar-refractivity contribution >= 4 is 11.6 Å². The van der Waals surface area contributed by atoms with Crippen molar-refractivity contribution in [3.8, 4) is 0 Å². The maximum absolute atomic E-state index is 6.66. The third kappa shape index (κ3) is 2.74. The molecule has 0 radical (unpaired) electrons. The fraction of sp³-hybridized carbons (Fsp3) is 0.647. The van der Waals surface area contributed by atoms with E-state index in [-0.39, 0.29) is 5.38 Å². The van der Waals surface area contributed by atoms with Crippen molar-refractivity contribution in [2.75, 3.05) is 0 Å². The van der Waals surface area contributed by atoms with Crippen molar-refractivity contribution in [1.82, 2.24) is 0 Å². The van der Waals surface area contributed by atoms with Crippen LogP contribution in [0.15, 0.2) is 12.1 Å². The number of halogens is 1. The lowest BCUT2D eigenvalue weighted by molar-refractivity contribution is 0.313. The van der Waals surface area contributed by atoms with Crippen LogP contribution in [0.1, 0.15) is 68.2 Å². The van der Waals surface area contributed by atoms with Gasteiger partial charge in [0.15, 0.2) is 0 Å². The molecule has 0 fully saturated rings. The summed E-state index contributed by atoms with van der Waals surface area (Å²) in [6, 6.07) is 4.80. The number of fused-ring (bicyclic) bond motifs is 1. The van der Waals surface area contributed by atoms with Crippen molar-refractivity contribution in [3.05, 3.63) is 34.4 Å². The zero-order valence-electron chi connectivity index (χ0n) is 12.1. The van der Waals surface area contributed by atoms with Gasteiger partial charge in [0.1, 0.15) is 0 Å². The number of alkyl halides is 1. The fourth-order valence-electron chi connectivity index (χ4n) is 3.10. The molecule has 1 aromatic rings. The molecular formula is C17H25Cl. The molecular weight excluding hydrogens is 240 g/mol. The van der Waals surface area contributed by atoms with Gasteiger partial charge in [0, 0.05) is 0 Å². The maximum atomic E-state index is 6.66. The Bertz CT molecular complexity index is 431. The van der Waals surface area contributed by atoms with E-state index in [9.17, 15) is 0 Å². The maximum Gasteiger partial charge on any atom is 0.0593 e. The van der Waals surface area contributed by atoms with Crippen LogP contribution >= 0.6 is 11.6 Å². The lowest BCUT2D eigenvalue weighted by atomic mass is 9.84. The van der Waals surface area contributed by atoms with E-state index in [1.807, 2.05) is 0 Å². The van der Waals surface area contributed by atoms with Gasteiger partial charge in [-0.25, -0.2) is 0 Å². The highest BCUT2D eigenvalue weighted by Crippen LogP contribution is 2.43. The molecule has 1 unspecified atom stereocenters. The van der Waals surface area contributed by atoms with Gasteiger partial charge in [-0.1, -0.05) is 39.8 Å². The van der Waals surface area contributed by atoms with Crippen molar-refractivity contribution in [3.63, 3.8) is 0 Å². The zero-order chi connectivity index (χ0) is 13.3. The Morgan fingerprint density at radius 1 is 1.17 bits per heavy atom. The lowest BCUT2D eigenvalue weighted by Gasteiger charge is -2.23. The highest BCUT2D eigenvalue weighted by atomic mass is 35.5. The summed E-state index contributed by atoms with van der Waals surface area (Å²) in [6.45, 7) is 9.18. The summed E-state index contributed by atoms with van der Waals surface area (Å²) in [6.07, 6.45) is 5.77. The first-order chi connectivity index (χ1) is 8.46. The van der Waals surface area contributed by atoms with Gasteiger partial charge in [-0.3, -0.25) is 0 Å². The Kier molecular flexibility index (Phi) is 4.06. The van der Waals surface area contributed by atoms with Crippen molar-refractivity contribution in [1.29, 1.82) is 0 Å². The molecule has 0 spiro atoms. The molecule has 100 valence electrons. The van der Waals surface area contributed by atoms with Crippen LogP contribution in [0.4, 0.5) is 0 Å². The second kappa shape index (κ2) is 5.25. The smallest absolute Gasteiger partial charge is 0.0593 e. The van der Waals surface area contributed by atoms with Crippen LogP contribution in [0.3, 0.4) is 0 Å². The van der Waals surface area contributed by atoms with E-state index in [2.05, 4.69) is 39.8 Å². The monoisotopic (exact) mass is 264 g/mol. The molecule has 0 saturated heterocycles. The Labute approximate surface area is 117 Å². The average molecular weight is 265 g/mol. The zero-order valence-corrected chi connectivity index (χ0v) is 12.9. The van der Waals surface area contributed by atoms with E-state index in [4.69, 9.17) is 11.6 Å². The minimum Gasteiger partial charge on any atom is -0.118 e. The number of aryl methyl sites for hydroxylation is 3. The standard InChI is InChI=1S/C17H25Cl/c1-5-12-9-14-7-8-17(3,4)11-16(18)15(14)10-13(12)6-2/h9-10,16H,5-8,11H2,1-4H3. The number of benzene rings is 1. The Balaban J connectivity index is 2.46. The Hall–Kier alpha value is -0.490. The fourth-order valence-corrected chi connectivity index (χ4v) is 3.72. The van der Waals surface area contributed by atoms with E-state index in [0.717, 1.165) is 19.3 Å². The summed E-state index contributed by atoms with van der Waals surface area (Å²) < 4.78 is 0. The van der Waals surface area contributed by atoms with Crippen LogP contribution in [0.25, 0.3) is 0 Å². The molecule has 0 saturated carbocycles. The summed E-state index contributed by atoms with van der Waals surface area (Å²) >= 11 is 6.66. The molecule has 2 rings (SSSR count). The van der Waals surface area contributed by atoms with Crippen molar-refractivity contribution in [2.24, 2.45) is 5.41 Å². The third-order valence-corrected chi connectivity index (χ3v) is 4.75. The number of rotatable bonds is 2. The van der Waals surface area contributed by atoms with Crippen LogP contribution in [0, 0.1) is 5.41 Å². The normalized spacial score (nSPS) is 22.4. The molecule has 0 amide bonds. The lowest BCUT2D eigenvalue weighted by Crippen LogP contribution is -2.11. The third-order valence-electron chi connectivity index (χ3n) is 4.36. The summed E-state index contributed by atoms with van der Waals surface area (Å²) in [4.78, 5) is 0. The Morgan fingerprint density at radius 2 is 1.78 bits per heavy atom. The molecule has 0 aromatic heterocycles. The van der Waals surface area contributed by atoms with E-state index >= 15 is 0 Å². The predicted molar refractivity (Wildman–Crippen MR) is 80.5 cm³/mol. The highest BCUT2D eigenvalue weighted by Gasteiger charge is 2.28. The predicted octanol–water partition coefficient (Wildman–Crippen LogP) is 5.45. The molecule has 18 heavy (non-hydrogen) atoms. The molecule has 1 aromatic carbocycles. The molecule has 0 heterocycles. The number of hydrogen-bond acceptors (Lipinski definition) is 0. The molecule has 0 aliphatic heterocycles. The van der Waals surface area contributed by atoms with Crippen LogP contribution in [-0.2, 0) is 19.3 Å². The van der Waals surface area contributed by atoms with Gasteiger partial charge in [-0.05, 0) is 59.8 Å². The topological polar surface area (TPSA) is 0 Å². The van der Waals surface area contributed by atoms with Crippen molar-refractivity contribution in [2.45, 2.75) is 65.2 Å². The summed E-state index contributed by atoms with van der Waals surface area (Å²) in [7, 11) is 0. The van der Waals surface area contributed by atoms with Gasteiger partial charge in [-0.15, -0.1) is 11.6 Å². The van der Waals surface area contributed by atoms with Gasteiger partial charge < -0.3 is 0 Å². The van der Waals surface area contributed by atoms with E-state index in [1.54, 1.807) is 0 Å². The summed E-state index contributed by atoms with van der Waals surface area (Å²) in [5, 5.41) is 0.189. The van der Waals surface area contributed by atoms with Gasteiger partial charge in [0.05, 0.1) is 5.38 Å². The molecule has 0 N–H and O–H groups in total. The second-order valence-electron chi connectivity index (χ2n) is 6.36. The molecule has 0 nitrogen and oxygen atoms in total. The Morgan fingerprint density at radius 3 is 2.39 bits per heavy atom. The van der Waals surface area contributed by atoms with Crippen LogP contribution in [-0.4, -0.2) is 0 Å². The molecule has 1 atom stereocenters.